The Morgan fingerprint density at radius 1 is 1.00 bits per heavy atom. The summed E-state index contributed by atoms with van der Waals surface area (Å²) in [4.78, 5) is 18.4. The highest BCUT2D eigenvalue weighted by atomic mass is 16.5. The highest BCUT2D eigenvalue weighted by Crippen LogP contribution is 2.25. The molecule has 37 heavy (non-hydrogen) atoms. The highest BCUT2D eigenvalue weighted by molar-refractivity contribution is 5.94. The van der Waals surface area contributed by atoms with Gasteiger partial charge in [0.25, 0.3) is 5.91 Å². The van der Waals surface area contributed by atoms with Crippen molar-refractivity contribution in [3.05, 3.63) is 77.0 Å². The fourth-order valence-corrected chi connectivity index (χ4v) is 5.06. The second-order valence-electron chi connectivity index (χ2n) is 11.5. The summed E-state index contributed by atoms with van der Waals surface area (Å²) in [6, 6.07) is 18.7. The molecule has 0 atom stereocenters. The quantitative estimate of drug-likeness (QED) is 0.300. The van der Waals surface area contributed by atoms with Gasteiger partial charge in [-0.2, -0.15) is 0 Å². The molecule has 0 spiro atoms. The molecule has 1 aliphatic heterocycles. The van der Waals surface area contributed by atoms with Crippen molar-refractivity contribution in [2.75, 3.05) is 19.6 Å². The number of nitrogens with zero attached hydrogens (tertiary/aromatic N) is 3. The molecule has 0 radical (unpaired) electrons. The molecule has 2 aromatic carbocycles. The number of carbonyl (C=O) groups is 1. The molecule has 198 valence electrons. The Kier molecular flexibility index (Phi) is 9.20. The molecule has 0 aliphatic carbocycles. The van der Waals surface area contributed by atoms with Crippen LogP contribution in [0.4, 0.5) is 0 Å². The van der Waals surface area contributed by atoms with Gasteiger partial charge in [0.15, 0.2) is 5.76 Å². The van der Waals surface area contributed by atoms with E-state index >= 15 is 0 Å². The van der Waals surface area contributed by atoms with Crippen LogP contribution in [-0.4, -0.2) is 46.5 Å². The van der Waals surface area contributed by atoms with Crippen molar-refractivity contribution in [2.45, 2.75) is 72.9 Å². The number of hydrogen-bond donors (Lipinski definition) is 0. The molecule has 1 fully saturated rings. The summed E-state index contributed by atoms with van der Waals surface area (Å²) in [5.74, 6) is 2.18. The SMILES string of the molecule is Cc1ccc(C(=O)N(Cc2ccc(-c3cc(CC(C)C)no3)cc2)C2CCN(CCC(C)C)CC2)cc1. The van der Waals surface area contributed by atoms with Gasteiger partial charge in [-0.25, -0.2) is 0 Å². The van der Waals surface area contributed by atoms with E-state index < -0.39 is 0 Å². The Morgan fingerprint density at radius 2 is 1.68 bits per heavy atom. The van der Waals surface area contributed by atoms with E-state index in [4.69, 9.17) is 4.52 Å². The Morgan fingerprint density at radius 3 is 2.30 bits per heavy atom. The van der Waals surface area contributed by atoms with Crippen LogP contribution in [0.2, 0.25) is 0 Å². The molecule has 2 heterocycles. The van der Waals surface area contributed by atoms with Crippen LogP contribution in [-0.2, 0) is 13.0 Å². The molecule has 5 nitrogen and oxygen atoms in total. The van der Waals surface area contributed by atoms with Gasteiger partial charge in [0.1, 0.15) is 0 Å². The summed E-state index contributed by atoms with van der Waals surface area (Å²) in [6.45, 7) is 14.9. The number of hydrogen-bond acceptors (Lipinski definition) is 4. The molecular weight excluding hydrogens is 458 g/mol. The van der Waals surface area contributed by atoms with Gasteiger partial charge in [0.05, 0.1) is 5.69 Å². The minimum atomic E-state index is 0.123. The molecule has 0 bridgehead atoms. The van der Waals surface area contributed by atoms with E-state index in [0.717, 1.165) is 73.0 Å². The first-order valence-electron chi connectivity index (χ1n) is 13.9. The zero-order chi connectivity index (χ0) is 26.4. The summed E-state index contributed by atoms with van der Waals surface area (Å²) in [7, 11) is 0. The number of likely N-dealkylation sites (tertiary alicyclic amines) is 1. The number of piperidine rings is 1. The van der Waals surface area contributed by atoms with Crippen LogP contribution in [0.25, 0.3) is 11.3 Å². The third kappa shape index (κ3) is 7.54. The molecule has 1 aliphatic rings. The van der Waals surface area contributed by atoms with Crippen molar-refractivity contribution in [3.63, 3.8) is 0 Å². The third-order valence-corrected chi connectivity index (χ3v) is 7.35. The lowest BCUT2D eigenvalue weighted by Crippen LogP contribution is -2.47. The third-order valence-electron chi connectivity index (χ3n) is 7.35. The van der Waals surface area contributed by atoms with Gasteiger partial charge < -0.3 is 14.3 Å². The number of aromatic nitrogens is 1. The van der Waals surface area contributed by atoms with Crippen LogP contribution in [0.1, 0.15) is 74.1 Å². The summed E-state index contributed by atoms with van der Waals surface area (Å²) in [6.07, 6.45) is 4.18. The molecule has 1 saturated heterocycles. The summed E-state index contributed by atoms with van der Waals surface area (Å²) in [5, 5.41) is 4.22. The summed E-state index contributed by atoms with van der Waals surface area (Å²) in [5.41, 5.74) is 5.07. The maximum Gasteiger partial charge on any atom is 0.254 e. The van der Waals surface area contributed by atoms with Gasteiger partial charge in [-0.1, -0.05) is 74.8 Å². The maximum absolute atomic E-state index is 13.7. The second-order valence-corrected chi connectivity index (χ2v) is 11.5. The number of carbonyl (C=O) groups excluding carboxylic acids is 1. The summed E-state index contributed by atoms with van der Waals surface area (Å²) < 4.78 is 5.60. The van der Waals surface area contributed by atoms with Crippen LogP contribution in [0.5, 0.6) is 0 Å². The zero-order valence-electron chi connectivity index (χ0n) is 23.2. The molecule has 0 saturated carbocycles. The molecule has 1 amide bonds. The summed E-state index contributed by atoms with van der Waals surface area (Å²) >= 11 is 0. The fourth-order valence-electron chi connectivity index (χ4n) is 5.06. The monoisotopic (exact) mass is 501 g/mol. The normalized spacial score (nSPS) is 15.0. The molecule has 5 heteroatoms. The standard InChI is InChI=1S/C32H43N3O2/c1-23(2)14-17-34-18-15-30(16-19-34)35(32(36)28-10-6-25(5)7-11-28)22-26-8-12-27(13-9-26)31-21-29(33-37-31)20-24(3)4/h6-13,21,23-24,30H,14-20,22H2,1-5H3. The fraction of sp³-hybridized carbons (Fsp3) is 0.500. The average molecular weight is 502 g/mol. The lowest BCUT2D eigenvalue weighted by molar-refractivity contribution is 0.0546. The van der Waals surface area contributed by atoms with Gasteiger partial charge in [-0.3, -0.25) is 4.79 Å². The Hall–Kier alpha value is -2.92. The first-order chi connectivity index (χ1) is 17.8. The van der Waals surface area contributed by atoms with Gasteiger partial charge in [-0.15, -0.1) is 0 Å². The van der Waals surface area contributed by atoms with Crippen molar-refractivity contribution in [2.24, 2.45) is 11.8 Å². The number of amides is 1. The zero-order valence-corrected chi connectivity index (χ0v) is 23.2. The predicted molar refractivity (Wildman–Crippen MR) is 150 cm³/mol. The van der Waals surface area contributed by atoms with E-state index in [1.165, 1.54) is 12.0 Å². The first-order valence-corrected chi connectivity index (χ1v) is 13.9. The van der Waals surface area contributed by atoms with Gasteiger partial charge >= 0.3 is 0 Å². The number of benzene rings is 2. The van der Waals surface area contributed by atoms with E-state index in [-0.39, 0.29) is 11.9 Å². The molecule has 4 rings (SSSR count). The van der Waals surface area contributed by atoms with Crippen LogP contribution < -0.4 is 0 Å². The second kappa shape index (κ2) is 12.6. The van der Waals surface area contributed by atoms with Gasteiger partial charge in [-0.05, 0) is 68.7 Å². The largest absolute Gasteiger partial charge is 0.356 e. The maximum atomic E-state index is 13.7. The van der Waals surface area contributed by atoms with E-state index in [0.29, 0.717) is 12.5 Å². The van der Waals surface area contributed by atoms with Crippen LogP contribution in [0.3, 0.4) is 0 Å². The van der Waals surface area contributed by atoms with E-state index in [2.05, 4.69) is 73.8 Å². The van der Waals surface area contributed by atoms with Crippen molar-refractivity contribution >= 4 is 5.91 Å². The smallest absolute Gasteiger partial charge is 0.254 e. The van der Waals surface area contributed by atoms with Crippen molar-refractivity contribution < 1.29 is 9.32 Å². The highest BCUT2D eigenvalue weighted by Gasteiger charge is 2.29. The number of rotatable bonds is 10. The van der Waals surface area contributed by atoms with E-state index in [1.807, 2.05) is 30.3 Å². The molecule has 0 unspecified atom stereocenters. The minimum absolute atomic E-state index is 0.123. The Labute approximate surface area is 222 Å². The van der Waals surface area contributed by atoms with Gasteiger partial charge in [0.2, 0.25) is 0 Å². The lowest BCUT2D eigenvalue weighted by Gasteiger charge is -2.39. The lowest BCUT2D eigenvalue weighted by atomic mass is 9.99. The molecular formula is C32H43N3O2. The van der Waals surface area contributed by atoms with Crippen LogP contribution in [0, 0.1) is 18.8 Å². The first kappa shape index (κ1) is 27.1. The average Bonchev–Trinajstić information content (AvgIpc) is 3.34. The minimum Gasteiger partial charge on any atom is -0.356 e. The topological polar surface area (TPSA) is 49.6 Å². The van der Waals surface area contributed by atoms with Crippen molar-refractivity contribution in [1.82, 2.24) is 15.0 Å². The van der Waals surface area contributed by atoms with Crippen molar-refractivity contribution in [3.8, 4) is 11.3 Å². The van der Waals surface area contributed by atoms with E-state index in [1.54, 1.807) is 0 Å². The predicted octanol–water partition coefficient (Wildman–Crippen LogP) is 7.00. The Balaban J connectivity index is 1.48. The van der Waals surface area contributed by atoms with Crippen molar-refractivity contribution in [1.29, 1.82) is 0 Å². The van der Waals surface area contributed by atoms with Crippen LogP contribution in [0.15, 0.2) is 59.1 Å². The van der Waals surface area contributed by atoms with E-state index in [9.17, 15) is 4.79 Å². The van der Waals surface area contributed by atoms with Crippen LogP contribution >= 0.6 is 0 Å². The number of aryl methyl sites for hydroxylation is 1. The molecule has 1 aromatic heterocycles. The molecule has 3 aromatic rings. The van der Waals surface area contributed by atoms with Gasteiger partial charge in [0, 0.05) is 42.9 Å². The Bertz CT molecular complexity index is 1120. The molecule has 0 N–H and O–H groups in total.